The maximum Gasteiger partial charge on any atom is 0.123 e. The van der Waals surface area contributed by atoms with E-state index < -0.39 is 0 Å². The first-order chi connectivity index (χ1) is 9.22. The largest absolute Gasteiger partial charge is 0.492 e. The lowest BCUT2D eigenvalue weighted by atomic mass is 10.0. The van der Waals surface area contributed by atoms with Crippen LogP contribution in [0.4, 0.5) is 5.82 Å². The molecule has 0 spiro atoms. The van der Waals surface area contributed by atoms with Gasteiger partial charge in [-0.25, -0.2) is 4.98 Å². The van der Waals surface area contributed by atoms with Gasteiger partial charge in [-0.1, -0.05) is 6.07 Å². The molecule has 19 heavy (non-hydrogen) atoms. The molecule has 2 N–H and O–H groups in total. The minimum atomic E-state index is 0.543. The van der Waals surface area contributed by atoms with Gasteiger partial charge >= 0.3 is 0 Å². The Kier molecular flexibility index (Phi) is 3.09. The molecule has 1 aliphatic heterocycles. The van der Waals surface area contributed by atoms with Crippen molar-refractivity contribution in [3.63, 3.8) is 0 Å². The predicted molar refractivity (Wildman–Crippen MR) is 75.9 cm³/mol. The van der Waals surface area contributed by atoms with Crippen molar-refractivity contribution in [3.8, 4) is 16.9 Å². The van der Waals surface area contributed by atoms with Crippen molar-refractivity contribution in [2.45, 2.75) is 6.54 Å². The van der Waals surface area contributed by atoms with Crippen molar-refractivity contribution in [3.05, 3.63) is 42.1 Å². The molecule has 0 atom stereocenters. The van der Waals surface area contributed by atoms with Crippen LogP contribution in [0.25, 0.3) is 11.1 Å². The highest BCUT2D eigenvalue weighted by molar-refractivity contribution is 5.65. The highest BCUT2D eigenvalue weighted by atomic mass is 16.5. The van der Waals surface area contributed by atoms with Crippen LogP contribution in [-0.4, -0.2) is 30.1 Å². The fourth-order valence-electron chi connectivity index (χ4n) is 2.28. The van der Waals surface area contributed by atoms with E-state index >= 15 is 0 Å². The molecule has 1 aromatic carbocycles. The first kappa shape index (κ1) is 12.0. The van der Waals surface area contributed by atoms with Gasteiger partial charge in [0.15, 0.2) is 0 Å². The Hall–Kier alpha value is -2.07. The highest BCUT2D eigenvalue weighted by Crippen LogP contribution is 2.28. The number of anilines is 1. The van der Waals surface area contributed by atoms with Gasteiger partial charge in [0.05, 0.1) is 0 Å². The van der Waals surface area contributed by atoms with Crippen LogP contribution in [0.2, 0.25) is 0 Å². The molecule has 2 heterocycles. The number of benzene rings is 1. The molecular formula is C15H17N3O. The van der Waals surface area contributed by atoms with Gasteiger partial charge in [-0.2, -0.15) is 0 Å². The molecular weight excluding hydrogens is 238 g/mol. The van der Waals surface area contributed by atoms with E-state index in [1.807, 2.05) is 18.2 Å². The summed E-state index contributed by atoms with van der Waals surface area (Å²) in [5.41, 5.74) is 9.05. The van der Waals surface area contributed by atoms with Gasteiger partial charge < -0.3 is 10.5 Å². The quantitative estimate of drug-likeness (QED) is 0.848. The standard InChI is InChI=1S/C15H17N3O/c1-18-6-7-19-14-4-2-11(8-13(14)10-18)12-3-5-15(16)17-9-12/h2-5,8-9H,6-7,10H2,1H3,(H2,16,17). The topological polar surface area (TPSA) is 51.4 Å². The molecule has 98 valence electrons. The number of hydrogen-bond donors (Lipinski definition) is 1. The lowest BCUT2D eigenvalue weighted by Crippen LogP contribution is -2.20. The van der Waals surface area contributed by atoms with E-state index in [4.69, 9.17) is 10.5 Å². The average molecular weight is 255 g/mol. The first-order valence-corrected chi connectivity index (χ1v) is 6.38. The monoisotopic (exact) mass is 255 g/mol. The second-order valence-corrected chi connectivity index (χ2v) is 4.88. The van der Waals surface area contributed by atoms with Crippen LogP contribution in [0.3, 0.4) is 0 Å². The van der Waals surface area contributed by atoms with Gasteiger partial charge in [-0.3, -0.25) is 4.90 Å². The second kappa shape index (κ2) is 4.90. The van der Waals surface area contributed by atoms with E-state index in [9.17, 15) is 0 Å². The number of pyridine rings is 1. The second-order valence-electron chi connectivity index (χ2n) is 4.88. The van der Waals surface area contributed by atoms with Gasteiger partial charge in [0.1, 0.15) is 18.2 Å². The van der Waals surface area contributed by atoms with E-state index in [1.165, 1.54) is 5.56 Å². The van der Waals surface area contributed by atoms with Gasteiger partial charge in [0, 0.05) is 30.4 Å². The summed E-state index contributed by atoms with van der Waals surface area (Å²) in [7, 11) is 2.11. The first-order valence-electron chi connectivity index (χ1n) is 6.38. The summed E-state index contributed by atoms with van der Waals surface area (Å²) >= 11 is 0. The van der Waals surface area contributed by atoms with Gasteiger partial charge in [-0.15, -0.1) is 0 Å². The van der Waals surface area contributed by atoms with Crippen molar-refractivity contribution in [2.24, 2.45) is 0 Å². The number of nitrogens with two attached hydrogens (primary N) is 1. The number of aromatic nitrogens is 1. The van der Waals surface area contributed by atoms with E-state index in [0.29, 0.717) is 5.82 Å². The average Bonchev–Trinajstić information content (AvgIpc) is 2.59. The summed E-state index contributed by atoms with van der Waals surface area (Å²) in [5.74, 6) is 1.53. The third-order valence-corrected chi connectivity index (χ3v) is 3.35. The summed E-state index contributed by atoms with van der Waals surface area (Å²) in [4.78, 5) is 6.40. The van der Waals surface area contributed by atoms with Crippen LogP contribution in [0.15, 0.2) is 36.5 Å². The Bertz CT molecular complexity index is 580. The summed E-state index contributed by atoms with van der Waals surface area (Å²) in [5, 5.41) is 0. The Labute approximate surface area is 112 Å². The van der Waals surface area contributed by atoms with Crippen molar-refractivity contribution in [2.75, 3.05) is 25.9 Å². The molecule has 0 saturated heterocycles. The van der Waals surface area contributed by atoms with Crippen LogP contribution < -0.4 is 10.5 Å². The van der Waals surface area contributed by atoms with Crippen molar-refractivity contribution < 1.29 is 4.74 Å². The fourth-order valence-corrected chi connectivity index (χ4v) is 2.28. The Morgan fingerprint density at radius 1 is 1.21 bits per heavy atom. The lowest BCUT2D eigenvalue weighted by molar-refractivity contribution is 0.259. The zero-order valence-corrected chi connectivity index (χ0v) is 11.0. The molecule has 0 radical (unpaired) electrons. The van der Waals surface area contributed by atoms with Crippen molar-refractivity contribution in [1.82, 2.24) is 9.88 Å². The summed E-state index contributed by atoms with van der Waals surface area (Å²) in [6.07, 6.45) is 1.80. The highest BCUT2D eigenvalue weighted by Gasteiger charge is 2.13. The fraction of sp³-hybridized carbons (Fsp3) is 0.267. The smallest absolute Gasteiger partial charge is 0.123 e. The van der Waals surface area contributed by atoms with Crippen molar-refractivity contribution in [1.29, 1.82) is 0 Å². The van der Waals surface area contributed by atoms with Gasteiger partial charge in [0.25, 0.3) is 0 Å². The van der Waals surface area contributed by atoms with E-state index in [1.54, 1.807) is 6.20 Å². The summed E-state index contributed by atoms with van der Waals surface area (Å²) in [6, 6.07) is 10.1. The molecule has 4 heteroatoms. The Morgan fingerprint density at radius 3 is 2.84 bits per heavy atom. The van der Waals surface area contributed by atoms with Crippen molar-refractivity contribution >= 4 is 5.82 Å². The molecule has 1 aromatic heterocycles. The summed E-state index contributed by atoms with van der Waals surface area (Å²) in [6.45, 7) is 2.60. The number of rotatable bonds is 1. The van der Waals surface area contributed by atoms with Crippen LogP contribution in [0.1, 0.15) is 5.56 Å². The molecule has 0 saturated carbocycles. The third kappa shape index (κ3) is 2.53. The maximum atomic E-state index is 5.75. The maximum absolute atomic E-state index is 5.75. The van der Waals surface area contributed by atoms with Crippen LogP contribution in [0, 0.1) is 0 Å². The minimum absolute atomic E-state index is 0.543. The number of nitrogens with zero attached hydrogens (tertiary/aromatic N) is 2. The predicted octanol–water partition coefficient (Wildman–Crippen LogP) is 2.16. The molecule has 0 bridgehead atoms. The molecule has 0 unspecified atom stereocenters. The molecule has 1 aliphatic rings. The number of likely N-dealkylation sites (N-methyl/N-ethyl adjacent to an activating group) is 1. The molecule has 0 amide bonds. The Balaban J connectivity index is 1.98. The van der Waals surface area contributed by atoms with E-state index in [0.717, 1.165) is 36.6 Å². The molecule has 0 fully saturated rings. The van der Waals surface area contributed by atoms with E-state index in [-0.39, 0.29) is 0 Å². The number of fused-ring (bicyclic) bond motifs is 1. The normalized spacial score (nSPS) is 15.4. The summed E-state index contributed by atoms with van der Waals surface area (Å²) < 4.78 is 5.75. The molecule has 0 aliphatic carbocycles. The molecule has 2 aromatic rings. The number of hydrogen-bond acceptors (Lipinski definition) is 4. The Morgan fingerprint density at radius 2 is 2.05 bits per heavy atom. The zero-order valence-electron chi connectivity index (χ0n) is 11.0. The molecule has 4 nitrogen and oxygen atoms in total. The minimum Gasteiger partial charge on any atom is -0.492 e. The number of nitrogen functional groups attached to an aromatic ring is 1. The SMILES string of the molecule is CN1CCOc2ccc(-c3ccc(N)nc3)cc2C1. The zero-order chi connectivity index (χ0) is 13.2. The molecule has 3 rings (SSSR count). The van der Waals surface area contributed by atoms with E-state index in [2.05, 4.69) is 29.1 Å². The lowest BCUT2D eigenvalue weighted by Gasteiger charge is -2.12. The van der Waals surface area contributed by atoms with Gasteiger partial charge in [-0.05, 0) is 36.9 Å². The van der Waals surface area contributed by atoms with Crippen LogP contribution in [-0.2, 0) is 6.54 Å². The van der Waals surface area contributed by atoms with Crippen LogP contribution >= 0.6 is 0 Å². The van der Waals surface area contributed by atoms with Crippen LogP contribution in [0.5, 0.6) is 5.75 Å². The number of ether oxygens (including phenoxy) is 1. The van der Waals surface area contributed by atoms with Gasteiger partial charge in [0.2, 0.25) is 0 Å². The third-order valence-electron chi connectivity index (χ3n) is 3.35.